The smallest absolute Gasteiger partial charge is 0.208 e. The minimum atomic E-state index is -2.99. The fourth-order valence-electron chi connectivity index (χ4n) is 2.32. The first-order chi connectivity index (χ1) is 9.67. The summed E-state index contributed by atoms with van der Waals surface area (Å²) in [6.45, 7) is 4.00. The normalized spacial score (nSPS) is 22.3. The third-order valence-corrected chi connectivity index (χ3v) is 4.39. The Kier molecular flexibility index (Phi) is 6.61. The van der Waals surface area contributed by atoms with E-state index in [1.165, 1.54) is 18.4 Å². The first-order valence-corrected chi connectivity index (χ1v) is 9.05. The van der Waals surface area contributed by atoms with Crippen molar-refractivity contribution >= 4 is 15.7 Å². The fourth-order valence-corrected chi connectivity index (χ4v) is 3.16. The van der Waals surface area contributed by atoms with Gasteiger partial charge in [0.25, 0.3) is 0 Å². The number of nitrogens with two attached hydrogens (primary N) is 1. The molecule has 0 bridgehead atoms. The molecule has 0 radical (unpaired) electrons. The quantitative estimate of drug-likeness (QED) is 0.824. The highest BCUT2D eigenvalue weighted by molar-refractivity contribution is 7.88. The van der Waals surface area contributed by atoms with Crippen LogP contribution in [0.1, 0.15) is 38.2 Å². The molecule has 0 heterocycles. The summed E-state index contributed by atoms with van der Waals surface area (Å²) in [4.78, 5) is 0. The molecule has 0 saturated heterocycles. The van der Waals surface area contributed by atoms with Crippen LogP contribution in [0.3, 0.4) is 0 Å². The van der Waals surface area contributed by atoms with Crippen LogP contribution in [0.15, 0.2) is 18.2 Å². The molecule has 0 spiro atoms. The number of nitrogen functional groups attached to an aromatic ring is 1. The van der Waals surface area contributed by atoms with E-state index in [1.54, 1.807) is 13.0 Å². The maximum absolute atomic E-state index is 12.3. The molecule has 1 saturated carbocycles. The van der Waals surface area contributed by atoms with Crippen molar-refractivity contribution in [3.05, 3.63) is 29.6 Å². The second-order valence-electron chi connectivity index (χ2n) is 5.85. The lowest BCUT2D eigenvalue weighted by molar-refractivity contribution is 0.332. The molecule has 0 aromatic heterocycles. The number of anilines is 1. The molecule has 120 valence electrons. The Morgan fingerprint density at radius 1 is 1.24 bits per heavy atom. The lowest BCUT2D eigenvalue weighted by atomic mass is 9.88. The minimum absolute atomic E-state index is 0.191. The van der Waals surface area contributed by atoms with Gasteiger partial charge in [-0.15, -0.1) is 0 Å². The van der Waals surface area contributed by atoms with E-state index in [9.17, 15) is 12.8 Å². The lowest BCUT2D eigenvalue weighted by Gasteiger charge is -2.25. The van der Waals surface area contributed by atoms with Gasteiger partial charge in [-0.25, -0.2) is 17.5 Å². The van der Waals surface area contributed by atoms with Gasteiger partial charge in [0, 0.05) is 11.7 Å². The van der Waals surface area contributed by atoms with Crippen molar-refractivity contribution in [1.82, 2.24) is 4.72 Å². The molecule has 0 unspecified atom stereocenters. The predicted molar refractivity (Wildman–Crippen MR) is 84.9 cm³/mol. The molecular weight excluding hydrogens is 291 g/mol. The molecule has 1 aliphatic rings. The van der Waals surface area contributed by atoms with Crippen molar-refractivity contribution < 1.29 is 12.8 Å². The van der Waals surface area contributed by atoms with E-state index in [4.69, 9.17) is 5.73 Å². The van der Waals surface area contributed by atoms with Gasteiger partial charge in [-0.1, -0.05) is 6.92 Å². The summed E-state index contributed by atoms with van der Waals surface area (Å²) in [7, 11) is -2.99. The third-order valence-electron chi connectivity index (χ3n) is 3.63. The Morgan fingerprint density at radius 3 is 2.24 bits per heavy atom. The van der Waals surface area contributed by atoms with Crippen LogP contribution in [0, 0.1) is 18.7 Å². The van der Waals surface area contributed by atoms with Crippen LogP contribution < -0.4 is 10.5 Å². The molecule has 3 N–H and O–H groups in total. The van der Waals surface area contributed by atoms with Crippen molar-refractivity contribution in [2.24, 2.45) is 5.92 Å². The van der Waals surface area contributed by atoms with Gasteiger partial charge in [-0.2, -0.15) is 0 Å². The molecule has 0 amide bonds. The topological polar surface area (TPSA) is 72.2 Å². The van der Waals surface area contributed by atoms with E-state index < -0.39 is 10.0 Å². The van der Waals surface area contributed by atoms with Crippen molar-refractivity contribution in [3.8, 4) is 0 Å². The summed E-state index contributed by atoms with van der Waals surface area (Å²) < 4.78 is 36.7. The summed E-state index contributed by atoms with van der Waals surface area (Å²) in [5.74, 6) is 0.532. The third kappa shape index (κ3) is 7.43. The van der Waals surface area contributed by atoms with Gasteiger partial charge in [0.15, 0.2) is 0 Å². The Morgan fingerprint density at radius 2 is 1.81 bits per heavy atom. The van der Waals surface area contributed by atoms with Gasteiger partial charge < -0.3 is 5.73 Å². The standard InChI is InChI=1S/C8H17NO2S.C7H8FN/c1-7-3-5-8(6-4-7)9-12(2,10)11;1-5-4-6(8)2-3-7(5)9/h7-9H,3-6H2,1-2H3;2-4H,9H2,1H3. The van der Waals surface area contributed by atoms with Crippen LogP contribution in [0.2, 0.25) is 0 Å². The number of nitrogens with one attached hydrogen (secondary N) is 1. The average Bonchev–Trinajstić information content (AvgIpc) is 2.36. The molecule has 0 aliphatic heterocycles. The Balaban J connectivity index is 0.000000219. The van der Waals surface area contributed by atoms with Gasteiger partial charge in [0.05, 0.1) is 6.26 Å². The monoisotopic (exact) mass is 316 g/mol. The Hall–Kier alpha value is -1.14. The second kappa shape index (κ2) is 7.75. The van der Waals surface area contributed by atoms with Crippen LogP contribution >= 0.6 is 0 Å². The maximum Gasteiger partial charge on any atom is 0.208 e. The lowest BCUT2D eigenvalue weighted by Crippen LogP contribution is -2.36. The van der Waals surface area contributed by atoms with Gasteiger partial charge in [-0.3, -0.25) is 0 Å². The molecule has 1 fully saturated rings. The summed E-state index contributed by atoms with van der Waals surface area (Å²) in [6, 6.07) is 4.51. The highest BCUT2D eigenvalue weighted by atomic mass is 32.2. The van der Waals surface area contributed by atoms with Gasteiger partial charge >= 0.3 is 0 Å². The summed E-state index contributed by atoms with van der Waals surface area (Å²) in [5.41, 5.74) is 6.84. The maximum atomic E-state index is 12.3. The molecule has 2 rings (SSSR count). The average molecular weight is 316 g/mol. The van der Waals surface area contributed by atoms with Crippen LogP contribution in [0.5, 0.6) is 0 Å². The van der Waals surface area contributed by atoms with E-state index in [2.05, 4.69) is 11.6 Å². The molecule has 1 aromatic rings. The van der Waals surface area contributed by atoms with Crippen LogP contribution in [0.25, 0.3) is 0 Å². The number of halogens is 1. The summed E-state index contributed by atoms with van der Waals surface area (Å²) in [5, 5.41) is 0. The van der Waals surface area contributed by atoms with E-state index in [-0.39, 0.29) is 11.9 Å². The van der Waals surface area contributed by atoms with Crippen LogP contribution in [-0.2, 0) is 10.0 Å². The number of hydrogen-bond donors (Lipinski definition) is 2. The molecule has 21 heavy (non-hydrogen) atoms. The predicted octanol–water partition coefficient (Wildman–Crippen LogP) is 2.83. The highest BCUT2D eigenvalue weighted by Gasteiger charge is 2.20. The zero-order valence-corrected chi connectivity index (χ0v) is 13.7. The Labute approximate surface area is 127 Å². The van der Waals surface area contributed by atoms with E-state index >= 15 is 0 Å². The number of benzene rings is 1. The highest BCUT2D eigenvalue weighted by Crippen LogP contribution is 2.23. The van der Waals surface area contributed by atoms with Crippen molar-refractivity contribution in [3.63, 3.8) is 0 Å². The van der Waals surface area contributed by atoms with Gasteiger partial charge in [-0.05, 0) is 62.3 Å². The number of hydrogen-bond acceptors (Lipinski definition) is 3. The zero-order chi connectivity index (χ0) is 16.0. The molecule has 1 aliphatic carbocycles. The largest absolute Gasteiger partial charge is 0.399 e. The molecule has 4 nitrogen and oxygen atoms in total. The second-order valence-corrected chi connectivity index (χ2v) is 7.63. The van der Waals surface area contributed by atoms with Crippen LogP contribution in [-0.4, -0.2) is 20.7 Å². The SMILES string of the molecule is CC1CCC(NS(C)(=O)=O)CC1.Cc1cc(F)ccc1N. The van der Waals surface area contributed by atoms with Crippen molar-refractivity contribution in [1.29, 1.82) is 0 Å². The number of sulfonamides is 1. The molecular formula is C15H25FN2O2S. The van der Waals surface area contributed by atoms with E-state index in [0.29, 0.717) is 5.69 Å². The first kappa shape index (κ1) is 17.9. The van der Waals surface area contributed by atoms with Crippen LogP contribution in [0.4, 0.5) is 10.1 Å². The first-order valence-electron chi connectivity index (χ1n) is 7.16. The molecule has 1 aromatic carbocycles. The Bertz CT molecular complexity index is 553. The van der Waals surface area contributed by atoms with E-state index in [0.717, 1.165) is 37.2 Å². The van der Waals surface area contributed by atoms with Gasteiger partial charge in [0.1, 0.15) is 5.82 Å². The fraction of sp³-hybridized carbons (Fsp3) is 0.600. The van der Waals surface area contributed by atoms with Gasteiger partial charge in [0.2, 0.25) is 10.0 Å². The van der Waals surface area contributed by atoms with E-state index in [1.807, 2.05) is 0 Å². The van der Waals surface area contributed by atoms with Crippen molar-refractivity contribution in [2.75, 3.05) is 12.0 Å². The number of aryl methyl sites for hydroxylation is 1. The van der Waals surface area contributed by atoms with Crippen molar-refractivity contribution in [2.45, 2.75) is 45.6 Å². The summed E-state index contributed by atoms with van der Waals surface area (Å²) >= 11 is 0. The number of rotatable bonds is 2. The minimum Gasteiger partial charge on any atom is -0.399 e. The summed E-state index contributed by atoms with van der Waals surface area (Å²) in [6.07, 6.45) is 5.51. The molecule has 6 heteroatoms. The zero-order valence-electron chi connectivity index (χ0n) is 12.9. The molecule has 0 atom stereocenters.